The Balaban J connectivity index is 1.39. The Morgan fingerprint density at radius 3 is 2.44 bits per heavy atom. The van der Waals surface area contributed by atoms with E-state index in [9.17, 15) is 9.59 Å². The predicted molar refractivity (Wildman–Crippen MR) is 104 cm³/mol. The van der Waals surface area contributed by atoms with Gasteiger partial charge in [-0.05, 0) is 37.3 Å². The van der Waals surface area contributed by atoms with Crippen LogP contribution in [0, 0.1) is 5.92 Å². The van der Waals surface area contributed by atoms with Crippen LogP contribution in [0.3, 0.4) is 0 Å². The zero-order valence-corrected chi connectivity index (χ0v) is 16.1. The number of benzene rings is 1. The number of piperidine rings is 1. The molecule has 6 nitrogen and oxygen atoms in total. The van der Waals surface area contributed by atoms with E-state index < -0.39 is 5.97 Å². The summed E-state index contributed by atoms with van der Waals surface area (Å²) in [6, 6.07) is 10.5. The molecule has 1 amide bonds. The van der Waals surface area contributed by atoms with E-state index in [1.165, 1.54) is 5.56 Å². The zero-order chi connectivity index (χ0) is 19.1. The second kappa shape index (κ2) is 9.85. The number of carbonyl (C=O) groups excluding carboxylic acids is 1. The van der Waals surface area contributed by atoms with Gasteiger partial charge in [-0.3, -0.25) is 19.4 Å². The summed E-state index contributed by atoms with van der Waals surface area (Å²) >= 11 is 0. The lowest BCUT2D eigenvalue weighted by atomic mass is 9.93. The van der Waals surface area contributed by atoms with Gasteiger partial charge in [-0.15, -0.1) is 0 Å². The molecule has 3 rings (SSSR count). The molecule has 148 valence electrons. The van der Waals surface area contributed by atoms with E-state index in [-0.39, 0.29) is 12.3 Å². The minimum absolute atomic E-state index is 0.216. The predicted octanol–water partition coefficient (Wildman–Crippen LogP) is 1.91. The first-order valence-corrected chi connectivity index (χ1v) is 10.1. The Labute approximate surface area is 161 Å². The molecule has 0 bridgehead atoms. The van der Waals surface area contributed by atoms with Gasteiger partial charge in [0.25, 0.3) is 0 Å². The summed E-state index contributed by atoms with van der Waals surface area (Å²) in [6.07, 6.45) is 3.09. The maximum absolute atomic E-state index is 12.7. The van der Waals surface area contributed by atoms with Crippen LogP contribution in [0.1, 0.15) is 31.2 Å². The number of carboxylic acids is 1. The molecule has 0 aromatic heterocycles. The molecule has 2 aliphatic heterocycles. The van der Waals surface area contributed by atoms with Gasteiger partial charge in [-0.2, -0.15) is 0 Å². The molecule has 2 heterocycles. The number of nitrogens with zero attached hydrogens (tertiary/aromatic N) is 3. The molecule has 0 spiro atoms. The van der Waals surface area contributed by atoms with Gasteiger partial charge < -0.3 is 10.0 Å². The molecule has 1 N–H and O–H groups in total. The first kappa shape index (κ1) is 19.8. The van der Waals surface area contributed by atoms with Crippen molar-refractivity contribution in [2.75, 3.05) is 45.8 Å². The second-order valence-electron chi connectivity index (χ2n) is 7.82. The summed E-state index contributed by atoms with van der Waals surface area (Å²) in [4.78, 5) is 30.1. The van der Waals surface area contributed by atoms with E-state index in [1.54, 1.807) is 0 Å². The van der Waals surface area contributed by atoms with Gasteiger partial charge in [0.05, 0.1) is 6.54 Å². The summed E-state index contributed by atoms with van der Waals surface area (Å²) in [5.41, 5.74) is 1.32. The highest BCUT2D eigenvalue weighted by molar-refractivity contribution is 5.78. The van der Waals surface area contributed by atoms with Gasteiger partial charge in [0.2, 0.25) is 5.91 Å². The van der Waals surface area contributed by atoms with E-state index in [4.69, 9.17) is 5.11 Å². The Kier molecular flexibility index (Phi) is 7.24. The number of amides is 1. The Morgan fingerprint density at radius 2 is 1.74 bits per heavy atom. The van der Waals surface area contributed by atoms with Crippen molar-refractivity contribution in [2.24, 2.45) is 5.92 Å². The van der Waals surface area contributed by atoms with Crippen LogP contribution in [0.2, 0.25) is 0 Å². The molecule has 2 aliphatic rings. The molecule has 0 radical (unpaired) electrons. The molecular weight excluding hydrogens is 342 g/mol. The number of hydrogen-bond donors (Lipinski definition) is 1. The van der Waals surface area contributed by atoms with Gasteiger partial charge in [-0.25, -0.2) is 0 Å². The molecule has 1 atom stereocenters. The average Bonchev–Trinajstić information content (AvgIpc) is 2.68. The van der Waals surface area contributed by atoms with Gasteiger partial charge in [0.15, 0.2) is 0 Å². The SMILES string of the molecule is O=C(O)CCC1CCCN(CC(=O)N2CCN(Cc3ccccc3)CC2)C1. The molecule has 1 aromatic carbocycles. The molecule has 27 heavy (non-hydrogen) atoms. The molecule has 0 saturated carbocycles. The number of rotatable bonds is 7. The third-order valence-electron chi connectivity index (χ3n) is 5.70. The van der Waals surface area contributed by atoms with E-state index in [0.717, 1.165) is 65.1 Å². The summed E-state index contributed by atoms with van der Waals surface area (Å²) in [6.45, 7) is 6.65. The van der Waals surface area contributed by atoms with Gasteiger partial charge in [-0.1, -0.05) is 30.3 Å². The number of aliphatic carboxylic acids is 1. The van der Waals surface area contributed by atoms with Gasteiger partial charge >= 0.3 is 5.97 Å². The zero-order valence-electron chi connectivity index (χ0n) is 16.1. The fourth-order valence-electron chi connectivity index (χ4n) is 4.15. The standard InChI is InChI=1S/C21H31N3O3/c25-20(17-23-10-4-7-19(16-23)8-9-21(26)27)24-13-11-22(12-14-24)15-18-5-2-1-3-6-18/h1-3,5-6,19H,4,7-17H2,(H,26,27). The third kappa shape index (κ3) is 6.33. The van der Waals surface area contributed by atoms with Crippen molar-refractivity contribution in [2.45, 2.75) is 32.2 Å². The van der Waals surface area contributed by atoms with E-state index in [2.05, 4.69) is 34.1 Å². The van der Waals surface area contributed by atoms with Crippen molar-refractivity contribution in [1.29, 1.82) is 0 Å². The molecular formula is C21H31N3O3. The van der Waals surface area contributed by atoms with Crippen LogP contribution >= 0.6 is 0 Å². The summed E-state index contributed by atoms with van der Waals surface area (Å²) in [5.74, 6) is -0.102. The quantitative estimate of drug-likeness (QED) is 0.791. The maximum atomic E-state index is 12.7. The highest BCUT2D eigenvalue weighted by Gasteiger charge is 2.26. The first-order chi connectivity index (χ1) is 13.1. The molecule has 6 heteroatoms. The van der Waals surface area contributed by atoms with E-state index >= 15 is 0 Å². The molecule has 2 saturated heterocycles. The van der Waals surface area contributed by atoms with Crippen molar-refractivity contribution >= 4 is 11.9 Å². The highest BCUT2D eigenvalue weighted by atomic mass is 16.4. The smallest absolute Gasteiger partial charge is 0.303 e. The van der Waals surface area contributed by atoms with Crippen molar-refractivity contribution in [1.82, 2.24) is 14.7 Å². The summed E-state index contributed by atoms with van der Waals surface area (Å²) in [5, 5.41) is 8.86. The van der Waals surface area contributed by atoms with Crippen LogP contribution in [-0.4, -0.2) is 77.5 Å². The number of carboxylic acid groups (broad SMARTS) is 1. The maximum Gasteiger partial charge on any atom is 0.303 e. The number of likely N-dealkylation sites (tertiary alicyclic amines) is 1. The second-order valence-corrected chi connectivity index (χ2v) is 7.82. The van der Waals surface area contributed by atoms with Crippen molar-refractivity contribution in [3.8, 4) is 0 Å². The molecule has 2 fully saturated rings. The van der Waals surface area contributed by atoms with Crippen LogP contribution in [0.25, 0.3) is 0 Å². The van der Waals surface area contributed by atoms with Crippen molar-refractivity contribution in [3.63, 3.8) is 0 Å². The summed E-state index contributed by atoms with van der Waals surface area (Å²) in [7, 11) is 0. The van der Waals surface area contributed by atoms with Crippen molar-refractivity contribution < 1.29 is 14.7 Å². The fraction of sp³-hybridized carbons (Fsp3) is 0.619. The average molecular weight is 373 g/mol. The van der Waals surface area contributed by atoms with Crippen LogP contribution in [0.15, 0.2) is 30.3 Å². The van der Waals surface area contributed by atoms with Crippen LogP contribution < -0.4 is 0 Å². The lowest BCUT2D eigenvalue weighted by molar-refractivity contribution is -0.138. The lowest BCUT2D eigenvalue weighted by Crippen LogP contribution is -2.51. The number of hydrogen-bond acceptors (Lipinski definition) is 4. The van der Waals surface area contributed by atoms with Crippen LogP contribution in [0.4, 0.5) is 0 Å². The Bertz CT molecular complexity index is 614. The van der Waals surface area contributed by atoms with E-state index in [1.807, 2.05) is 11.0 Å². The van der Waals surface area contributed by atoms with Gasteiger partial charge in [0, 0.05) is 45.7 Å². The molecule has 1 aromatic rings. The van der Waals surface area contributed by atoms with Gasteiger partial charge in [0.1, 0.15) is 0 Å². The lowest BCUT2D eigenvalue weighted by Gasteiger charge is -2.37. The minimum Gasteiger partial charge on any atom is -0.481 e. The Hall–Kier alpha value is -1.92. The number of piperazine rings is 1. The van der Waals surface area contributed by atoms with E-state index in [0.29, 0.717) is 12.5 Å². The first-order valence-electron chi connectivity index (χ1n) is 10.1. The molecule has 0 aliphatic carbocycles. The fourth-order valence-corrected chi connectivity index (χ4v) is 4.15. The number of carbonyl (C=O) groups is 2. The third-order valence-corrected chi connectivity index (χ3v) is 5.70. The van der Waals surface area contributed by atoms with Crippen LogP contribution in [-0.2, 0) is 16.1 Å². The minimum atomic E-state index is -0.725. The monoisotopic (exact) mass is 373 g/mol. The van der Waals surface area contributed by atoms with Crippen molar-refractivity contribution in [3.05, 3.63) is 35.9 Å². The normalized spacial score (nSPS) is 21.9. The molecule has 1 unspecified atom stereocenters. The van der Waals surface area contributed by atoms with Crippen LogP contribution in [0.5, 0.6) is 0 Å². The summed E-state index contributed by atoms with van der Waals surface area (Å²) < 4.78 is 0. The Morgan fingerprint density at radius 1 is 1.00 bits per heavy atom. The topological polar surface area (TPSA) is 64.1 Å². The largest absolute Gasteiger partial charge is 0.481 e. The highest BCUT2D eigenvalue weighted by Crippen LogP contribution is 2.21.